The lowest BCUT2D eigenvalue weighted by atomic mass is 9.97. The Kier molecular flexibility index (Phi) is 9.38. The largest absolute Gasteiger partial charge is 0.481 e. The number of carboxylic acid groups (broad SMARTS) is 1. The Bertz CT molecular complexity index is 1480. The summed E-state index contributed by atoms with van der Waals surface area (Å²) in [5, 5.41) is 11.2. The van der Waals surface area contributed by atoms with Gasteiger partial charge in [-0.1, -0.05) is 85.3 Å². The van der Waals surface area contributed by atoms with Crippen molar-refractivity contribution in [1.29, 1.82) is 0 Å². The molecule has 38 heavy (non-hydrogen) atoms. The molecule has 0 fully saturated rings. The van der Waals surface area contributed by atoms with Crippen LogP contribution in [0.4, 0.5) is 0 Å². The first-order chi connectivity index (χ1) is 18.3. The second kappa shape index (κ2) is 12.9. The van der Waals surface area contributed by atoms with Gasteiger partial charge in [0.1, 0.15) is 0 Å². The van der Waals surface area contributed by atoms with Gasteiger partial charge in [0.05, 0.1) is 17.1 Å². The number of fused-ring (bicyclic) bond motifs is 1. The van der Waals surface area contributed by atoms with Crippen LogP contribution in [0.2, 0.25) is 5.02 Å². The molecule has 0 amide bonds. The number of Topliss-reactive ketones (excluding diaryl/α,β-unsaturated/α-hetero) is 1. The lowest BCUT2D eigenvalue weighted by Gasteiger charge is -2.19. The molecule has 1 N–H and O–H groups in total. The Morgan fingerprint density at radius 3 is 2.58 bits per heavy atom. The fraction of sp³-hybridized carbons (Fsp3) is 0.219. The van der Waals surface area contributed by atoms with Crippen LogP contribution in [0, 0.1) is 5.92 Å². The van der Waals surface area contributed by atoms with Gasteiger partial charge in [0, 0.05) is 27.0 Å². The minimum Gasteiger partial charge on any atom is -0.481 e. The van der Waals surface area contributed by atoms with Crippen molar-refractivity contribution < 1.29 is 14.7 Å². The summed E-state index contributed by atoms with van der Waals surface area (Å²) in [6.45, 7) is 3.33. The molecule has 194 valence electrons. The highest BCUT2D eigenvalue weighted by molar-refractivity contribution is 7.99. The summed E-state index contributed by atoms with van der Waals surface area (Å²) in [5.41, 5.74) is 5.63. The molecule has 0 saturated carbocycles. The number of carboxylic acids is 1. The molecule has 2 unspecified atom stereocenters. The molecule has 0 spiro atoms. The monoisotopic (exact) mass is 543 g/mol. The molecule has 0 aliphatic heterocycles. The number of aliphatic carboxylic acids is 1. The van der Waals surface area contributed by atoms with E-state index in [0.717, 1.165) is 51.7 Å². The van der Waals surface area contributed by atoms with E-state index >= 15 is 0 Å². The van der Waals surface area contributed by atoms with Crippen molar-refractivity contribution in [2.75, 3.05) is 5.75 Å². The zero-order chi connectivity index (χ0) is 27.1. The normalized spacial score (nSPS) is 13.0. The van der Waals surface area contributed by atoms with Gasteiger partial charge < -0.3 is 5.11 Å². The standard InChI is InChI=1S/C32H30ClNO3S/c1-21(32(36)37)20-38-31(17-13-24-7-3-4-9-29(24)22(2)35)26-8-5-6-23(18-26)10-15-28-16-12-25-11-14-27(33)19-30(25)34-28/h3-12,14-16,18-19,21,31H,13,17,20H2,1-2H3,(H,36,37)/b15-10+. The first kappa shape index (κ1) is 27.6. The second-order valence-corrected chi connectivity index (χ2v) is 11.1. The van der Waals surface area contributed by atoms with Crippen LogP contribution in [-0.4, -0.2) is 27.6 Å². The summed E-state index contributed by atoms with van der Waals surface area (Å²) in [6, 6.07) is 25.7. The van der Waals surface area contributed by atoms with E-state index in [2.05, 4.69) is 12.1 Å². The van der Waals surface area contributed by atoms with Crippen LogP contribution in [0.1, 0.15) is 58.3 Å². The van der Waals surface area contributed by atoms with Crippen LogP contribution in [0.25, 0.3) is 23.1 Å². The predicted octanol–water partition coefficient (Wildman–Crippen LogP) is 8.39. The molecular formula is C32H30ClNO3S. The number of carbonyl (C=O) groups is 2. The van der Waals surface area contributed by atoms with Gasteiger partial charge in [-0.15, -0.1) is 0 Å². The van der Waals surface area contributed by atoms with Crippen LogP contribution >= 0.6 is 23.4 Å². The average Bonchev–Trinajstić information content (AvgIpc) is 2.91. The highest BCUT2D eigenvalue weighted by atomic mass is 35.5. The van der Waals surface area contributed by atoms with Gasteiger partial charge in [-0.2, -0.15) is 11.8 Å². The van der Waals surface area contributed by atoms with E-state index in [4.69, 9.17) is 16.6 Å². The van der Waals surface area contributed by atoms with Crippen LogP contribution in [0.3, 0.4) is 0 Å². The van der Waals surface area contributed by atoms with Crippen molar-refractivity contribution >= 4 is 58.2 Å². The molecule has 4 aromatic rings. The number of benzene rings is 3. The van der Waals surface area contributed by atoms with Gasteiger partial charge in [0.2, 0.25) is 0 Å². The van der Waals surface area contributed by atoms with E-state index < -0.39 is 11.9 Å². The number of hydrogen-bond donors (Lipinski definition) is 1. The number of hydrogen-bond acceptors (Lipinski definition) is 4. The minimum absolute atomic E-state index is 0.0565. The van der Waals surface area contributed by atoms with Crippen molar-refractivity contribution in [3.8, 4) is 0 Å². The Morgan fingerprint density at radius 2 is 1.79 bits per heavy atom. The number of carbonyl (C=O) groups excluding carboxylic acids is 1. The average molecular weight is 544 g/mol. The molecule has 4 rings (SSSR count). The van der Waals surface area contributed by atoms with E-state index in [1.165, 1.54) is 0 Å². The highest BCUT2D eigenvalue weighted by Crippen LogP contribution is 2.35. The quantitative estimate of drug-likeness (QED) is 0.192. The SMILES string of the molecule is CC(=O)c1ccccc1CCC(SCC(C)C(=O)O)c1cccc(/C=C/c2ccc3ccc(Cl)cc3n2)c1. The number of halogens is 1. The number of aryl methyl sites for hydroxylation is 1. The van der Waals surface area contributed by atoms with Gasteiger partial charge in [0.25, 0.3) is 0 Å². The summed E-state index contributed by atoms with van der Waals surface area (Å²) in [7, 11) is 0. The first-order valence-electron chi connectivity index (χ1n) is 12.6. The number of nitrogens with zero attached hydrogens (tertiary/aromatic N) is 1. The van der Waals surface area contributed by atoms with E-state index in [0.29, 0.717) is 10.8 Å². The van der Waals surface area contributed by atoms with Crippen molar-refractivity contribution in [3.05, 3.63) is 112 Å². The first-order valence-corrected chi connectivity index (χ1v) is 14.0. The topological polar surface area (TPSA) is 67.3 Å². The van der Waals surface area contributed by atoms with Gasteiger partial charge in [-0.3, -0.25) is 9.59 Å². The van der Waals surface area contributed by atoms with E-state index in [9.17, 15) is 14.7 Å². The maximum atomic E-state index is 12.1. The second-order valence-electron chi connectivity index (χ2n) is 9.39. The van der Waals surface area contributed by atoms with Gasteiger partial charge >= 0.3 is 5.97 Å². The Morgan fingerprint density at radius 1 is 1.00 bits per heavy atom. The molecule has 0 bridgehead atoms. The maximum absolute atomic E-state index is 12.1. The molecule has 0 radical (unpaired) electrons. The smallest absolute Gasteiger partial charge is 0.307 e. The summed E-state index contributed by atoms with van der Waals surface area (Å²) in [6.07, 6.45) is 5.55. The molecule has 6 heteroatoms. The number of rotatable bonds is 11. The fourth-order valence-corrected chi connectivity index (χ4v) is 5.74. The van der Waals surface area contributed by atoms with Crippen molar-refractivity contribution in [3.63, 3.8) is 0 Å². The van der Waals surface area contributed by atoms with Gasteiger partial charge in [-0.25, -0.2) is 4.98 Å². The highest BCUT2D eigenvalue weighted by Gasteiger charge is 2.18. The molecule has 4 nitrogen and oxygen atoms in total. The van der Waals surface area contributed by atoms with Gasteiger partial charge in [-0.05, 0) is 60.7 Å². The Balaban J connectivity index is 1.56. The minimum atomic E-state index is -0.793. The van der Waals surface area contributed by atoms with Crippen LogP contribution in [0.15, 0.2) is 78.9 Å². The summed E-state index contributed by atoms with van der Waals surface area (Å²) in [5.74, 6) is -0.666. The Hall–Kier alpha value is -3.41. The molecule has 1 heterocycles. The molecule has 0 aliphatic carbocycles. The van der Waals surface area contributed by atoms with Crippen LogP contribution < -0.4 is 0 Å². The Labute approximate surface area is 232 Å². The zero-order valence-corrected chi connectivity index (χ0v) is 23.0. The van der Waals surface area contributed by atoms with Crippen molar-refractivity contribution in [1.82, 2.24) is 4.98 Å². The lowest BCUT2D eigenvalue weighted by Crippen LogP contribution is -2.13. The predicted molar refractivity (Wildman–Crippen MR) is 159 cm³/mol. The maximum Gasteiger partial charge on any atom is 0.307 e. The number of pyridine rings is 1. The van der Waals surface area contributed by atoms with E-state index in [1.54, 1.807) is 25.6 Å². The molecule has 3 aromatic carbocycles. The third kappa shape index (κ3) is 7.33. The number of thioether (sulfide) groups is 1. The summed E-state index contributed by atoms with van der Waals surface area (Å²) < 4.78 is 0. The summed E-state index contributed by atoms with van der Waals surface area (Å²) >= 11 is 7.79. The lowest BCUT2D eigenvalue weighted by molar-refractivity contribution is -0.140. The van der Waals surface area contributed by atoms with Gasteiger partial charge in [0.15, 0.2) is 5.78 Å². The van der Waals surface area contributed by atoms with Crippen molar-refractivity contribution in [2.24, 2.45) is 5.92 Å². The summed E-state index contributed by atoms with van der Waals surface area (Å²) in [4.78, 5) is 28.3. The van der Waals surface area contributed by atoms with Crippen molar-refractivity contribution in [2.45, 2.75) is 31.9 Å². The molecule has 1 aromatic heterocycles. The molecule has 0 saturated heterocycles. The molecular weight excluding hydrogens is 514 g/mol. The zero-order valence-electron chi connectivity index (χ0n) is 21.4. The van der Waals surface area contributed by atoms with E-state index in [-0.39, 0.29) is 11.0 Å². The van der Waals surface area contributed by atoms with Crippen LogP contribution in [-0.2, 0) is 11.2 Å². The molecule has 0 aliphatic rings. The number of aromatic nitrogens is 1. The fourth-order valence-electron chi connectivity index (χ4n) is 4.29. The number of ketones is 1. The van der Waals surface area contributed by atoms with E-state index in [1.807, 2.05) is 78.9 Å². The third-order valence-electron chi connectivity index (χ3n) is 6.45. The third-order valence-corrected chi connectivity index (χ3v) is 8.28. The van der Waals surface area contributed by atoms with Crippen LogP contribution in [0.5, 0.6) is 0 Å². The molecule has 2 atom stereocenters.